The highest BCUT2D eigenvalue weighted by Gasteiger charge is 2.31. The first-order valence-electron chi connectivity index (χ1n) is 7.03. The van der Waals surface area contributed by atoms with Crippen LogP contribution in [-0.2, 0) is 14.3 Å². The van der Waals surface area contributed by atoms with Gasteiger partial charge < -0.3 is 20.1 Å². The summed E-state index contributed by atoms with van der Waals surface area (Å²) in [6.45, 7) is 6.74. The Morgan fingerprint density at radius 3 is 2.60 bits per heavy atom. The van der Waals surface area contributed by atoms with Gasteiger partial charge in [0.25, 0.3) is 0 Å². The molecule has 0 aliphatic carbocycles. The molecule has 0 spiro atoms. The zero-order valence-electron chi connectivity index (χ0n) is 12.8. The number of rotatable bonds is 3. The molecular weight excluding hydrogens is 260 g/mol. The van der Waals surface area contributed by atoms with Crippen molar-refractivity contribution < 1.29 is 19.1 Å². The summed E-state index contributed by atoms with van der Waals surface area (Å²) >= 11 is 0. The molecule has 1 aliphatic heterocycles. The van der Waals surface area contributed by atoms with Crippen LogP contribution in [0.3, 0.4) is 0 Å². The number of hydrogen-bond acceptors (Lipinski definition) is 5. The van der Waals surface area contributed by atoms with Gasteiger partial charge in [0.2, 0.25) is 0 Å². The zero-order valence-corrected chi connectivity index (χ0v) is 12.8. The van der Waals surface area contributed by atoms with E-state index in [9.17, 15) is 9.59 Å². The maximum Gasteiger partial charge on any atom is 0.410 e. The fraction of sp³-hybridized carbons (Fsp3) is 0.857. The summed E-state index contributed by atoms with van der Waals surface area (Å²) in [5.74, 6) is -0.206. The lowest BCUT2D eigenvalue weighted by Crippen LogP contribution is -2.48. The molecule has 0 radical (unpaired) electrons. The van der Waals surface area contributed by atoms with Gasteiger partial charge >= 0.3 is 12.1 Å². The van der Waals surface area contributed by atoms with Crippen LogP contribution in [0.25, 0.3) is 0 Å². The summed E-state index contributed by atoms with van der Waals surface area (Å²) in [6.07, 6.45) is 1.66. The van der Waals surface area contributed by atoms with Gasteiger partial charge in [-0.25, -0.2) is 4.79 Å². The van der Waals surface area contributed by atoms with E-state index in [1.54, 1.807) is 4.90 Å². The van der Waals surface area contributed by atoms with Crippen LogP contribution in [-0.4, -0.2) is 48.8 Å². The maximum absolute atomic E-state index is 12.0. The Morgan fingerprint density at radius 1 is 1.40 bits per heavy atom. The van der Waals surface area contributed by atoms with Crippen molar-refractivity contribution in [2.45, 2.75) is 51.7 Å². The smallest absolute Gasteiger partial charge is 0.410 e. The Bertz CT molecular complexity index is 352. The topological polar surface area (TPSA) is 81.9 Å². The third kappa shape index (κ3) is 5.36. The number of amides is 1. The van der Waals surface area contributed by atoms with E-state index in [0.29, 0.717) is 13.1 Å². The number of carbonyl (C=O) groups is 2. The average molecular weight is 286 g/mol. The number of hydrogen-bond donors (Lipinski definition) is 1. The third-order valence-electron chi connectivity index (χ3n) is 3.35. The normalized spacial score (nSPS) is 21.2. The Labute approximate surface area is 120 Å². The second-order valence-corrected chi connectivity index (χ2v) is 6.27. The minimum absolute atomic E-state index is 0.107. The maximum atomic E-state index is 12.0. The van der Waals surface area contributed by atoms with Crippen LogP contribution in [0.4, 0.5) is 4.79 Å². The van der Waals surface area contributed by atoms with Crippen LogP contribution in [0.2, 0.25) is 0 Å². The number of methoxy groups -OCH3 is 1. The standard InChI is InChI=1S/C14H26N2O4/c1-14(2,3)20-13(18)16-7-5-6-10(9-16)11(15)8-12(17)19-4/h10-11H,5-9,15H2,1-4H3/t10-,11-/m1/s1. The van der Waals surface area contributed by atoms with Crippen molar-refractivity contribution in [2.24, 2.45) is 11.7 Å². The fourth-order valence-corrected chi connectivity index (χ4v) is 2.29. The molecule has 0 unspecified atom stereocenters. The number of carbonyl (C=O) groups excluding carboxylic acids is 2. The van der Waals surface area contributed by atoms with E-state index in [-0.39, 0.29) is 30.4 Å². The highest BCUT2D eigenvalue weighted by Crippen LogP contribution is 2.22. The summed E-state index contributed by atoms with van der Waals surface area (Å²) in [6, 6.07) is -0.285. The molecule has 1 saturated heterocycles. The Morgan fingerprint density at radius 2 is 2.05 bits per heavy atom. The lowest BCUT2D eigenvalue weighted by Gasteiger charge is -2.36. The largest absolute Gasteiger partial charge is 0.469 e. The minimum Gasteiger partial charge on any atom is -0.469 e. The van der Waals surface area contributed by atoms with Gasteiger partial charge in [0.1, 0.15) is 5.60 Å². The molecule has 1 aliphatic rings. The fourth-order valence-electron chi connectivity index (χ4n) is 2.29. The summed E-state index contributed by atoms with van der Waals surface area (Å²) < 4.78 is 9.99. The quantitative estimate of drug-likeness (QED) is 0.795. The molecule has 6 nitrogen and oxygen atoms in total. The number of piperidine rings is 1. The highest BCUT2D eigenvalue weighted by molar-refractivity contribution is 5.70. The van der Waals surface area contributed by atoms with Crippen molar-refractivity contribution in [3.63, 3.8) is 0 Å². The molecule has 0 saturated carbocycles. The zero-order chi connectivity index (χ0) is 15.3. The molecule has 116 valence electrons. The Balaban J connectivity index is 2.53. The van der Waals surface area contributed by atoms with E-state index in [0.717, 1.165) is 12.8 Å². The SMILES string of the molecule is COC(=O)C[C@@H](N)[C@@H]1CCCN(C(=O)OC(C)(C)C)C1. The van der Waals surface area contributed by atoms with Gasteiger partial charge in [0.05, 0.1) is 13.5 Å². The molecule has 2 N–H and O–H groups in total. The molecule has 2 atom stereocenters. The molecule has 1 amide bonds. The average Bonchev–Trinajstić information content (AvgIpc) is 2.36. The number of likely N-dealkylation sites (tertiary alicyclic amines) is 1. The Kier molecular flexibility index (Phi) is 5.80. The highest BCUT2D eigenvalue weighted by atomic mass is 16.6. The van der Waals surface area contributed by atoms with Gasteiger partial charge in [-0.2, -0.15) is 0 Å². The molecule has 0 aromatic carbocycles. The summed E-state index contributed by atoms with van der Waals surface area (Å²) in [5.41, 5.74) is 5.53. The van der Waals surface area contributed by atoms with Gasteiger partial charge in [-0.1, -0.05) is 0 Å². The van der Waals surface area contributed by atoms with Gasteiger partial charge in [-0.3, -0.25) is 4.79 Å². The minimum atomic E-state index is -0.502. The van der Waals surface area contributed by atoms with E-state index < -0.39 is 5.60 Å². The van der Waals surface area contributed by atoms with E-state index in [4.69, 9.17) is 10.5 Å². The van der Waals surface area contributed by atoms with Crippen molar-refractivity contribution in [1.82, 2.24) is 4.90 Å². The number of esters is 1. The lowest BCUT2D eigenvalue weighted by molar-refractivity contribution is -0.141. The van der Waals surface area contributed by atoms with Crippen molar-refractivity contribution in [1.29, 1.82) is 0 Å². The number of ether oxygens (including phenoxy) is 2. The molecule has 0 aromatic heterocycles. The molecule has 1 heterocycles. The first kappa shape index (κ1) is 16.8. The lowest BCUT2D eigenvalue weighted by atomic mass is 9.89. The third-order valence-corrected chi connectivity index (χ3v) is 3.35. The molecule has 0 bridgehead atoms. The molecular formula is C14H26N2O4. The van der Waals surface area contributed by atoms with Crippen LogP contribution in [0, 0.1) is 5.92 Å². The van der Waals surface area contributed by atoms with Gasteiger partial charge in [0, 0.05) is 19.1 Å². The van der Waals surface area contributed by atoms with Crippen molar-refractivity contribution >= 4 is 12.1 Å². The molecule has 1 rings (SSSR count). The predicted molar refractivity (Wildman–Crippen MR) is 75.1 cm³/mol. The van der Waals surface area contributed by atoms with E-state index >= 15 is 0 Å². The van der Waals surface area contributed by atoms with Crippen LogP contribution in [0.15, 0.2) is 0 Å². The van der Waals surface area contributed by atoms with Crippen LogP contribution in [0.5, 0.6) is 0 Å². The monoisotopic (exact) mass is 286 g/mol. The summed E-state index contributed by atoms with van der Waals surface area (Å²) in [4.78, 5) is 25.0. The Hall–Kier alpha value is -1.30. The molecule has 0 aromatic rings. The first-order valence-corrected chi connectivity index (χ1v) is 7.03. The van der Waals surface area contributed by atoms with E-state index in [2.05, 4.69) is 4.74 Å². The number of nitrogens with zero attached hydrogens (tertiary/aromatic N) is 1. The first-order chi connectivity index (χ1) is 9.23. The molecule has 1 fully saturated rings. The number of nitrogens with two attached hydrogens (primary N) is 1. The van der Waals surface area contributed by atoms with Crippen molar-refractivity contribution in [2.75, 3.05) is 20.2 Å². The molecule has 6 heteroatoms. The summed E-state index contributed by atoms with van der Waals surface area (Å²) in [5, 5.41) is 0. The van der Waals surface area contributed by atoms with Crippen LogP contribution >= 0.6 is 0 Å². The summed E-state index contributed by atoms with van der Waals surface area (Å²) in [7, 11) is 1.35. The van der Waals surface area contributed by atoms with Crippen molar-refractivity contribution in [3.05, 3.63) is 0 Å². The predicted octanol–water partition coefficient (Wildman–Crippen LogP) is 1.52. The second-order valence-electron chi connectivity index (χ2n) is 6.27. The van der Waals surface area contributed by atoms with E-state index in [1.807, 2.05) is 20.8 Å². The van der Waals surface area contributed by atoms with Crippen molar-refractivity contribution in [3.8, 4) is 0 Å². The van der Waals surface area contributed by atoms with E-state index in [1.165, 1.54) is 7.11 Å². The van der Waals surface area contributed by atoms with Gasteiger partial charge in [-0.05, 0) is 39.5 Å². The van der Waals surface area contributed by atoms with Gasteiger partial charge in [0.15, 0.2) is 0 Å². The van der Waals surface area contributed by atoms with Gasteiger partial charge in [-0.15, -0.1) is 0 Å². The van der Waals surface area contributed by atoms with Crippen LogP contribution in [0.1, 0.15) is 40.0 Å². The van der Waals surface area contributed by atoms with Crippen LogP contribution < -0.4 is 5.73 Å². The second kappa shape index (κ2) is 6.92. The molecule has 20 heavy (non-hydrogen) atoms.